The van der Waals surface area contributed by atoms with Crippen LogP contribution in [0.15, 0.2) is 29.9 Å². The van der Waals surface area contributed by atoms with Gasteiger partial charge >= 0.3 is 0 Å². The van der Waals surface area contributed by atoms with Gasteiger partial charge in [0, 0.05) is 28.4 Å². The predicted molar refractivity (Wildman–Crippen MR) is 60.2 cm³/mol. The molecule has 2 rings (SSSR count). The first kappa shape index (κ1) is 8.98. The molecule has 0 aromatic carbocycles. The summed E-state index contributed by atoms with van der Waals surface area (Å²) >= 11 is 1.71. The average Bonchev–Trinajstić information content (AvgIpc) is 2.65. The van der Waals surface area contributed by atoms with Crippen molar-refractivity contribution < 1.29 is 0 Å². The SMILES string of the molecule is C#Cc1cncc(-c2sccc2C)c1. The Morgan fingerprint density at radius 1 is 1.43 bits per heavy atom. The number of nitrogens with zero attached hydrogens (tertiary/aromatic N) is 1. The lowest BCUT2D eigenvalue weighted by molar-refractivity contribution is 1.31. The van der Waals surface area contributed by atoms with Gasteiger partial charge in [0.05, 0.1) is 0 Å². The van der Waals surface area contributed by atoms with Crippen molar-refractivity contribution in [2.45, 2.75) is 6.92 Å². The van der Waals surface area contributed by atoms with E-state index in [0.29, 0.717) is 0 Å². The number of hydrogen-bond acceptors (Lipinski definition) is 2. The molecule has 2 aromatic heterocycles. The van der Waals surface area contributed by atoms with Crippen molar-refractivity contribution in [3.63, 3.8) is 0 Å². The molecule has 0 unspecified atom stereocenters. The number of rotatable bonds is 1. The van der Waals surface area contributed by atoms with Crippen LogP contribution in [0, 0.1) is 19.3 Å². The highest BCUT2D eigenvalue weighted by molar-refractivity contribution is 7.13. The summed E-state index contributed by atoms with van der Waals surface area (Å²) in [5.41, 5.74) is 3.20. The molecule has 0 aliphatic rings. The zero-order valence-corrected chi connectivity index (χ0v) is 8.64. The Hall–Kier alpha value is -1.59. The minimum Gasteiger partial charge on any atom is -0.263 e. The third kappa shape index (κ3) is 1.55. The quantitative estimate of drug-likeness (QED) is 0.643. The second-order valence-corrected chi connectivity index (χ2v) is 3.96. The van der Waals surface area contributed by atoms with E-state index in [2.05, 4.69) is 29.3 Å². The summed E-state index contributed by atoms with van der Waals surface area (Å²) in [7, 11) is 0. The van der Waals surface area contributed by atoms with Crippen LogP contribution in [0.1, 0.15) is 11.1 Å². The van der Waals surface area contributed by atoms with Gasteiger partial charge in [-0.05, 0) is 30.0 Å². The van der Waals surface area contributed by atoms with Crippen molar-refractivity contribution in [2.24, 2.45) is 0 Å². The van der Waals surface area contributed by atoms with E-state index in [4.69, 9.17) is 6.42 Å². The van der Waals surface area contributed by atoms with Gasteiger partial charge in [0.1, 0.15) is 0 Å². The van der Waals surface area contributed by atoms with Crippen LogP contribution in [0.4, 0.5) is 0 Å². The molecule has 0 aliphatic heterocycles. The van der Waals surface area contributed by atoms with E-state index in [1.54, 1.807) is 17.5 Å². The molecule has 0 aliphatic carbocycles. The summed E-state index contributed by atoms with van der Waals surface area (Å²) in [5.74, 6) is 2.59. The number of aryl methyl sites for hydroxylation is 1. The highest BCUT2D eigenvalue weighted by Gasteiger charge is 2.03. The van der Waals surface area contributed by atoms with Crippen molar-refractivity contribution in [3.05, 3.63) is 41.0 Å². The second-order valence-electron chi connectivity index (χ2n) is 3.04. The Balaban J connectivity index is 2.53. The van der Waals surface area contributed by atoms with Gasteiger partial charge in [0.2, 0.25) is 0 Å². The summed E-state index contributed by atoms with van der Waals surface area (Å²) in [4.78, 5) is 5.36. The summed E-state index contributed by atoms with van der Waals surface area (Å²) in [6.45, 7) is 2.09. The van der Waals surface area contributed by atoms with Gasteiger partial charge in [-0.3, -0.25) is 4.98 Å². The molecule has 2 aromatic rings. The summed E-state index contributed by atoms with van der Waals surface area (Å²) in [5, 5.41) is 2.08. The molecule has 0 amide bonds. The van der Waals surface area contributed by atoms with E-state index in [9.17, 15) is 0 Å². The van der Waals surface area contributed by atoms with Crippen LogP contribution in [-0.4, -0.2) is 4.98 Å². The first-order chi connectivity index (χ1) is 6.81. The molecular weight excluding hydrogens is 190 g/mol. The van der Waals surface area contributed by atoms with Crippen LogP contribution in [0.25, 0.3) is 10.4 Å². The molecular formula is C12H9NS. The van der Waals surface area contributed by atoms with Gasteiger partial charge < -0.3 is 0 Å². The molecule has 2 heteroatoms. The van der Waals surface area contributed by atoms with Gasteiger partial charge in [0.25, 0.3) is 0 Å². The summed E-state index contributed by atoms with van der Waals surface area (Å²) in [6.07, 6.45) is 8.87. The Morgan fingerprint density at radius 2 is 2.29 bits per heavy atom. The smallest absolute Gasteiger partial charge is 0.0432 e. The average molecular weight is 199 g/mol. The van der Waals surface area contributed by atoms with Crippen LogP contribution in [-0.2, 0) is 0 Å². The molecule has 0 bridgehead atoms. The molecule has 0 saturated heterocycles. The monoisotopic (exact) mass is 199 g/mol. The van der Waals surface area contributed by atoms with Crippen LogP contribution >= 0.6 is 11.3 Å². The van der Waals surface area contributed by atoms with Crippen molar-refractivity contribution >= 4 is 11.3 Å². The Labute approximate surface area is 87.4 Å². The van der Waals surface area contributed by atoms with Crippen molar-refractivity contribution in [1.82, 2.24) is 4.98 Å². The lowest BCUT2D eigenvalue weighted by Gasteiger charge is -1.99. The van der Waals surface area contributed by atoms with Crippen LogP contribution in [0.2, 0.25) is 0 Å². The van der Waals surface area contributed by atoms with E-state index >= 15 is 0 Å². The Morgan fingerprint density at radius 3 is 2.93 bits per heavy atom. The molecule has 0 radical (unpaired) electrons. The van der Waals surface area contributed by atoms with Gasteiger partial charge in [-0.15, -0.1) is 17.8 Å². The first-order valence-corrected chi connectivity index (χ1v) is 5.15. The van der Waals surface area contributed by atoms with Gasteiger partial charge in [-0.1, -0.05) is 5.92 Å². The maximum absolute atomic E-state index is 5.32. The van der Waals surface area contributed by atoms with E-state index in [-0.39, 0.29) is 0 Å². The highest BCUT2D eigenvalue weighted by atomic mass is 32.1. The molecule has 2 heterocycles. The maximum atomic E-state index is 5.32. The number of hydrogen-bond donors (Lipinski definition) is 0. The fourth-order valence-corrected chi connectivity index (χ4v) is 2.22. The van der Waals surface area contributed by atoms with Gasteiger partial charge in [0.15, 0.2) is 0 Å². The van der Waals surface area contributed by atoms with E-state index < -0.39 is 0 Å². The van der Waals surface area contributed by atoms with Crippen molar-refractivity contribution in [2.75, 3.05) is 0 Å². The molecule has 0 saturated carbocycles. The minimum atomic E-state index is 0.829. The molecule has 14 heavy (non-hydrogen) atoms. The highest BCUT2D eigenvalue weighted by Crippen LogP contribution is 2.28. The first-order valence-electron chi connectivity index (χ1n) is 4.27. The van der Waals surface area contributed by atoms with E-state index in [0.717, 1.165) is 11.1 Å². The molecule has 68 valence electrons. The number of pyridine rings is 1. The van der Waals surface area contributed by atoms with Crippen LogP contribution in [0.3, 0.4) is 0 Å². The fourth-order valence-electron chi connectivity index (χ4n) is 1.31. The topological polar surface area (TPSA) is 12.9 Å². The number of thiophene rings is 1. The molecule has 0 fully saturated rings. The lowest BCUT2D eigenvalue weighted by Crippen LogP contribution is -1.81. The maximum Gasteiger partial charge on any atom is 0.0432 e. The normalized spacial score (nSPS) is 9.71. The molecule has 0 N–H and O–H groups in total. The van der Waals surface area contributed by atoms with E-state index in [1.807, 2.05) is 12.3 Å². The predicted octanol–water partition coefficient (Wildman–Crippen LogP) is 3.10. The van der Waals surface area contributed by atoms with E-state index in [1.165, 1.54) is 10.4 Å². The molecule has 0 atom stereocenters. The van der Waals surface area contributed by atoms with Crippen molar-refractivity contribution in [3.8, 4) is 22.8 Å². The third-order valence-corrected chi connectivity index (χ3v) is 3.09. The zero-order valence-electron chi connectivity index (χ0n) is 7.82. The van der Waals surface area contributed by atoms with Crippen LogP contribution < -0.4 is 0 Å². The Bertz CT molecular complexity index is 491. The molecule has 0 spiro atoms. The Kier molecular flexibility index (Phi) is 2.34. The summed E-state index contributed by atoms with van der Waals surface area (Å²) < 4.78 is 0. The fraction of sp³-hybridized carbons (Fsp3) is 0.0833. The van der Waals surface area contributed by atoms with Crippen molar-refractivity contribution in [1.29, 1.82) is 0 Å². The minimum absolute atomic E-state index is 0.829. The summed E-state index contributed by atoms with van der Waals surface area (Å²) in [6, 6.07) is 4.09. The number of terminal acetylenes is 1. The molecule has 1 nitrogen and oxygen atoms in total. The third-order valence-electron chi connectivity index (χ3n) is 2.03. The largest absolute Gasteiger partial charge is 0.263 e. The zero-order chi connectivity index (χ0) is 9.97. The lowest BCUT2D eigenvalue weighted by atomic mass is 10.1. The second kappa shape index (κ2) is 3.65. The standard InChI is InChI=1S/C12H9NS/c1-3-10-6-11(8-13-7-10)12-9(2)4-5-14-12/h1,4-8H,2H3. The number of aromatic nitrogens is 1. The van der Waals surface area contributed by atoms with Gasteiger partial charge in [-0.2, -0.15) is 0 Å². The van der Waals surface area contributed by atoms with Gasteiger partial charge in [-0.25, -0.2) is 0 Å². The van der Waals surface area contributed by atoms with Crippen LogP contribution in [0.5, 0.6) is 0 Å².